The van der Waals surface area contributed by atoms with Crippen LogP contribution in [0.3, 0.4) is 0 Å². The zero-order valence-corrected chi connectivity index (χ0v) is 13.8. The first-order chi connectivity index (χ1) is 10.2. The van der Waals surface area contributed by atoms with Gasteiger partial charge in [-0.05, 0) is 12.5 Å². The quantitative estimate of drug-likeness (QED) is 0.937. The highest BCUT2D eigenvalue weighted by atomic mass is 35.5. The number of hydrogen-bond acceptors (Lipinski definition) is 5. The van der Waals surface area contributed by atoms with Crippen LogP contribution in [0, 0.1) is 0 Å². The van der Waals surface area contributed by atoms with E-state index >= 15 is 0 Å². The lowest BCUT2D eigenvalue weighted by Crippen LogP contribution is -2.30. The van der Waals surface area contributed by atoms with Crippen molar-refractivity contribution in [1.29, 1.82) is 0 Å². The zero-order valence-electron chi connectivity index (χ0n) is 13.0. The first-order valence-electron chi connectivity index (χ1n) is 7.56. The average Bonchev–Trinajstić information content (AvgIpc) is 3.14. The van der Waals surface area contributed by atoms with Crippen LogP contribution in [-0.2, 0) is 6.42 Å². The number of benzene rings is 1. The molecule has 0 saturated carbocycles. The van der Waals surface area contributed by atoms with E-state index in [1.54, 1.807) is 0 Å². The van der Waals surface area contributed by atoms with E-state index in [1.807, 2.05) is 13.0 Å². The molecule has 2 heterocycles. The van der Waals surface area contributed by atoms with Gasteiger partial charge in [0.1, 0.15) is 0 Å². The molecular formula is C16H23ClN4O. The third kappa shape index (κ3) is 3.32. The number of halogens is 1. The van der Waals surface area contributed by atoms with Crippen molar-refractivity contribution in [3.63, 3.8) is 0 Å². The molecule has 1 aromatic carbocycles. The smallest absolute Gasteiger partial charge is 0.243 e. The number of rotatable bonds is 4. The Hall–Kier alpha value is -1.43. The van der Waals surface area contributed by atoms with Gasteiger partial charge in [-0.15, -0.1) is 12.4 Å². The first kappa shape index (κ1) is 16.9. The molecule has 3 atom stereocenters. The van der Waals surface area contributed by atoms with E-state index in [0.29, 0.717) is 11.8 Å². The highest BCUT2D eigenvalue weighted by molar-refractivity contribution is 5.85. The molecule has 1 aliphatic rings. The molecule has 1 aliphatic heterocycles. The Labute approximate surface area is 137 Å². The maximum Gasteiger partial charge on any atom is 0.243 e. The van der Waals surface area contributed by atoms with E-state index in [2.05, 4.69) is 46.2 Å². The minimum atomic E-state index is 0. The highest BCUT2D eigenvalue weighted by Crippen LogP contribution is 2.31. The molecule has 0 radical (unpaired) electrons. The SMILES string of the molecule is CCc1noc(C(C)N2C[C@@H](N)[C@H](c3ccccc3)C2)n1.Cl. The Morgan fingerprint density at radius 2 is 2.05 bits per heavy atom. The van der Waals surface area contributed by atoms with E-state index in [9.17, 15) is 0 Å². The fourth-order valence-electron chi connectivity index (χ4n) is 2.97. The van der Waals surface area contributed by atoms with Gasteiger partial charge in [0.15, 0.2) is 5.82 Å². The van der Waals surface area contributed by atoms with Crippen LogP contribution in [0.4, 0.5) is 0 Å². The average molecular weight is 323 g/mol. The predicted octanol–water partition coefficient (Wildman–Crippen LogP) is 2.54. The van der Waals surface area contributed by atoms with E-state index in [0.717, 1.165) is 25.3 Å². The molecule has 120 valence electrons. The first-order valence-corrected chi connectivity index (χ1v) is 7.56. The van der Waals surface area contributed by atoms with Crippen molar-refractivity contribution in [1.82, 2.24) is 15.0 Å². The summed E-state index contributed by atoms with van der Waals surface area (Å²) < 4.78 is 5.36. The fourth-order valence-corrected chi connectivity index (χ4v) is 2.97. The summed E-state index contributed by atoms with van der Waals surface area (Å²) in [5.41, 5.74) is 7.65. The molecule has 1 fully saturated rings. The minimum Gasteiger partial charge on any atom is -0.338 e. The van der Waals surface area contributed by atoms with E-state index in [4.69, 9.17) is 10.3 Å². The minimum absolute atomic E-state index is 0. The van der Waals surface area contributed by atoms with Gasteiger partial charge in [0.2, 0.25) is 5.89 Å². The zero-order chi connectivity index (χ0) is 14.8. The van der Waals surface area contributed by atoms with Crippen molar-refractivity contribution < 1.29 is 4.52 Å². The van der Waals surface area contributed by atoms with Crippen molar-refractivity contribution in [2.24, 2.45) is 5.73 Å². The Morgan fingerprint density at radius 3 is 2.68 bits per heavy atom. The van der Waals surface area contributed by atoms with Crippen LogP contribution in [0.25, 0.3) is 0 Å². The van der Waals surface area contributed by atoms with E-state index in [-0.39, 0.29) is 24.5 Å². The van der Waals surface area contributed by atoms with Crippen LogP contribution in [0.2, 0.25) is 0 Å². The van der Waals surface area contributed by atoms with Crippen LogP contribution in [0.15, 0.2) is 34.9 Å². The standard InChI is InChI=1S/C16H22N4O.ClH/c1-3-15-18-16(21-19-15)11(2)20-9-13(14(17)10-20)12-7-5-4-6-8-12;/h4-8,11,13-14H,3,9-10,17H2,1-2H3;1H/t11?,13-,14+;/m0./s1. The van der Waals surface area contributed by atoms with Crippen LogP contribution in [-0.4, -0.2) is 34.2 Å². The number of hydrogen-bond donors (Lipinski definition) is 1. The summed E-state index contributed by atoms with van der Waals surface area (Å²) in [5, 5.41) is 3.98. The molecule has 2 aromatic rings. The van der Waals surface area contributed by atoms with Crippen molar-refractivity contribution in [2.45, 2.75) is 38.3 Å². The van der Waals surface area contributed by atoms with Crippen molar-refractivity contribution >= 4 is 12.4 Å². The summed E-state index contributed by atoms with van der Waals surface area (Å²) >= 11 is 0. The Kier molecular flexibility index (Phi) is 5.56. The molecule has 22 heavy (non-hydrogen) atoms. The number of aromatic nitrogens is 2. The van der Waals surface area contributed by atoms with Crippen LogP contribution < -0.4 is 5.73 Å². The van der Waals surface area contributed by atoms with Gasteiger partial charge in [0.25, 0.3) is 0 Å². The van der Waals surface area contributed by atoms with Gasteiger partial charge in [-0.3, -0.25) is 4.90 Å². The number of nitrogens with two attached hydrogens (primary N) is 1. The summed E-state index contributed by atoms with van der Waals surface area (Å²) in [5.74, 6) is 1.81. The van der Waals surface area contributed by atoms with Gasteiger partial charge >= 0.3 is 0 Å². The normalized spacial score (nSPS) is 23.2. The van der Waals surface area contributed by atoms with Crippen molar-refractivity contribution in [3.8, 4) is 0 Å². The predicted molar refractivity (Wildman–Crippen MR) is 88.1 cm³/mol. The second-order valence-electron chi connectivity index (χ2n) is 5.71. The second-order valence-corrected chi connectivity index (χ2v) is 5.71. The number of aryl methyl sites for hydroxylation is 1. The highest BCUT2D eigenvalue weighted by Gasteiger charge is 2.35. The monoisotopic (exact) mass is 322 g/mol. The second kappa shape index (κ2) is 7.22. The molecule has 0 amide bonds. The maximum absolute atomic E-state index is 6.34. The number of nitrogens with zero attached hydrogens (tertiary/aromatic N) is 3. The lowest BCUT2D eigenvalue weighted by molar-refractivity contribution is 0.205. The molecule has 0 bridgehead atoms. The van der Waals surface area contributed by atoms with Crippen LogP contribution in [0.5, 0.6) is 0 Å². The van der Waals surface area contributed by atoms with Gasteiger partial charge in [0, 0.05) is 31.5 Å². The largest absolute Gasteiger partial charge is 0.338 e. The topological polar surface area (TPSA) is 68.2 Å². The van der Waals surface area contributed by atoms with Crippen molar-refractivity contribution in [2.75, 3.05) is 13.1 Å². The molecule has 0 spiro atoms. The van der Waals surface area contributed by atoms with Crippen LogP contribution in [0.1, 0.15) is 43.1 Å². The fraction of sp³-hybridized carbons (Fsp3) is 0.500. The third-order valence-corrected chi connectivity index (χ3v) is 4.33. The van der Waals surface area contributed by atoms with Gasteiger partial charge in [-0.2, -0.15) is 4.98 Å². The van der Waals surface area contributed by atoms with Gasteiger partial charge < -0.3 is 10.3 Å². The summed E-state index contributed by atoms with van der Waals surface area (Å²) in [4.78, 5) is 6.76. The molecule has 1 saturated heterocycles. The molecule has 5 nitrogen and oxygen atoms in total. The summed E-state index contributed by atoms with van der Waals surface area (Å²) in [6.45, 7) is 5.91. The lowest BCUT2D eigenvalue weighted by Gasteiger charge is -2.20. The molecule has 6 heteroatoms. The molecular weight excluding hydrogens is 300 g/mol. The Bertz CT molecular complexity index is 589. The third-order valence-electron chi connectivity index (χ3n) is 4.33. The summed E-state index contributed by atoms with van der Waals surface area (Å²) in [7, 11) is 0. The lowest BCUT2D eigenvalue weighted by atomic mass is 9.95. The van der Waals surface area contributed by atoms with E-state index < -0.39 is 0 Å². The summed E-state index contributed by atoms with van der Waals surface area (Å²) in [6.07, 6.45) is 0.794. The molecule has 1 aromatic heterocycles. The molecule has 3 rings (SSSR count). The van der Waals surface area contributed by atoms with E-state index in [1.165, 1.54) is 5.56 Å². The van der Waals surface area contributed by atoms with Gasteiger partial charge in [0.05, 0.1) is 6.04 Å². The maximum atomic E-state index is 6.34. The summed E-state index contributed by atoms with van der Waals surface area (Å²) in [6, 6.07) is 10.7. The number of likely N-dealkylation sites (tertiary alicyclic amines) is 1. The Balaban J connectivity index is 0.00000176. The van der Waals surface area contributed by atoms with Crippen molar-refractivity contribution in [3.05, 3.63) is 47.6 Å². The molecule has 0 aliphatic carbocycles. The van der Waals surface area contributed by atoms with Crippen LogP contribution >= 0.6 is 12.4 Å². The molecule has 2 N–H and O–H groups in total. The Morgan fingerprint density at radius 1 is 1.32 bits per heavy atom. The van der Waals surface area contributed by atoms with Gasteiger partial charge in [-0.25, -0.2) is 0 Å². The molecule has 1 unspecified atom stereocenters. The van der Waals surface area contributed by atoms with Gasteiger partial charge in [-0.1, -0.05) is 42.4 Å².